The average molecular weight is 509 g/mol. The largest absolute Gasteiger partial charge is 0.478 e. The van der Waals surface area contributed by atoms with Crippen LogP contribution in [0.1, 0.15) is 16.1 Å². The number of para-hydroxylation sites is 1. The number of carbonyl (C=O) groups is 2. The van der Waals surface area contributed by atoms with Gasteiger partial charge in [0.05, 0.1) is 26.4 Å². The first kappa shape index (κ1) is 23.7. The molecule has 0 atom stereocenters. The fraction of sp³-hybridized carbons (Fsp3) is 0.105. The summed E-state index contributed by atoms with van der Waals surface area (Å²) in [6, 6.07) is 9.06. The Morgan fingerprint density at radius 3 is 2.34 bits per heavy atom. The first-order chi connectivity index (χ1) is 15.0. The Kier molecular flexibility index (Phi) is 6.87. The molecule has 3 rings (SSSR count). The maximum atomic E-state index is 13.2. The molecule has 2 N–H and O–H groups in total. The fourth-order valence-corrected chi connectivity index (χ4v) is 3.26. The number of alkyl halides is 3. The maximum Gasteiger partial charge on any atom is 0.435 e. The van der Waals surface area contributed by atoms with E-state index in [4.69, 9.17) is 39.5 Å². The second-order valence-electron chi connectivity index (χ2n) is 6.15. The van der Waals surface area contributed by atoms with Crippen molar-refractivity contribution >= 4 is 52.4 Å². The normalized spacial score (nSPS) is 11.3. The Morgan fingerprint density at radius 1 is 1.06 bits per heavy atom. The lowest BCUT2D eigenvalue weighted by atomic mass is 10.1. The molecule has 0 radical (unpaired) electrons. The highest BCUT2D eigenvalue weighted by molar-refractivity contribution is 6.38. The number of halogens is 6. The number of hydrogen-bond acceptors (Lipinski definition) is 4. The van der Waals surface area contributed by atoms with Crippen molar-refractivity contribution in [2.75, 3.05) is 11.9 Å². The van der Waals surface area contributed by atoms with Gasteiger partial charge in [-0.1, -0.05) is 46.9 Å². The minimum Gasteiger partial charge on any atom is -0.478 e. The zero-order chi connectivity index (χ0) is 23.6. The van der Waals surface area contributed by atoms with Crippen LogP contribution < -0.4 is 10.1 Å². The van der Waals surface area contributed by atoms with E-state index in [-0.39, 0.29) is 26.4 Å². The highest BCUT2D eigenvalue weighted by Crippen LogP contribution is 2.34. The van der Waals surface area contributed by atoms with Gasteiger partial charge in [0.1, 0.15) is 5.56 Å². The number of rotatable bonds is 6. The van der Waals surface area contributed by atoms with Crippen molar-refractivity contribution in [2.45, 2.75) is 6.18 Å². The lowest BCUT2D eigenvalue weighted by Gasteiger charge is -2.13. The molecule has 3 aromatic rings. The Morgan fingerprint density at radius 2 is 1.72 bits per heavy atom. The standard InChI is InChI=1S/C19H11Cl3F3N3O4/c20-9-3-1-2-4-12(9)28-15(7-13(27-28)19(23,24)25)32-8-14(29)26-17-11(22)6-5-10(21)16(17)18(30)31/h1-7H,8H2,(H,26,29)(H,30,31). The molecule has 0 bridgehead atoms. The van der Waals surface area contributed by atoms with Gasteiger partial charge in [-0.25, -0.2) is 4.79 Å². The van der Waals surface area contributed by atoms with E-state index in [9.17, 15) is 27.9 Å². The maximum absolute atomic E-state index is 13.2. The summed E-state index contributed by atoms with van der Waals surface area (Å²) in [6.07, 6.45) is -4.78. The van der Waals surface area contributed by atoms with E-state index in [1.165, 1.54) is 30.3 Å². The quantitative estimate of drug-likeness (QED) is 0.454. The smallest absolute Gasteiger partial charge is 0.435 e. The number of nitrogens with zero attached hydrogens (tertiary/aromatic N) is 2. The molecule has 0 unspecified atom stereocenters. The van der Waals surface area contributed by atoms with Crippen LogP contribution in [0, 0.1) is 0 Å². The SMILES string of the molecule is O=C(COc1cc(C(F)(F)F)nn1-c1ccccc1Cl)Nc1c(Cl)ccc(Cl)c1C(=O)O. The first-order valence-corrected chi connectivity index (χ1v) is 9.68. The van der Waals surface area contributed by atoms with Crippen molar-refractivity contribution in [3.05, 3.63) is 68.8 Å². The molecule has 1 aromatic heterocycles. The van der Waals surface area contributed by atoms with E-state index in [1.54, 1.807) is 6.07 Å². The van der Waals surface area contributed by atoms with Crippen molar-refractivity contribution in [3.63, 3.8) is 0 Å². The second kappa shape index (κ2) is 9.27. The van der Waals surface area contributed by atoms with Crippen LogP contribution in [0.25, 0.3) is 5.69 Å². The molecule has 0 spiro atoms. The number of benzene rings is 2. The third kappa shape index (κ3) is 5.09. The molecule has 0 saturated heterocycles. The zero-order valence-electron chi connectivity index (χ0n) is 15.6. The zero-order valence-corrected chi connectivity index (χ0v) is 17.9. The molecular formula is C19H11Cl3F3N3O4. The molecule has 0 fully saturated rings. The van der Waals surface area contributed by atoms with Gasteiger partial charge in [-0.05, 0) is 24.3 Å². The first-order valence-electron chi connectivity index (χ1n) is 8.55. The van der Waals surface area contributed by atoms with Crippen LogP contribution in [-0.4, -0.2) is 33.4 Å². The minimum absolute atomic E-state index is 0.0890. The van der Waals surface area contributed by atoms with Crippen molar-refractivity contribution in [1.29, 1.82) is 0 Å². The lowest BCUT2D eigenvalue weighted by Crippen LogP contribution is -2.22. The monoisotopic (exact) mass is 507 g/mol. The van der Waals surface area contributed by atoms with Crippen molar-refractivity contribution in [3.8, 4) is 11.6 Å². The predicted molar refractivity (Wildman–Crippen MR) is 111 cm³/mol. The van der Waals surface area contributed by atoms with E-state index >= 15 is 0 Å². The number of aromatic carboxylic acids is 1. The van der Waals surface area contributed by atoms with Crippen molar-refractivity contribution in [2.24, 2.45) is 0 Å². The number of carbonyl (C=O) groups excluding carboxylic acids is 1. The summed E-state index contributed by atoms with van der Waals surface area (Å²) in [7, 11) is 0. The van der Waals surface area contributed by atoms with Crippen LogP contribution in [0.5, 0.6) is 5.88 Å². The highest BCUT2D eigenvalue weighted by Gasteiger charge is 2.36. The van der Waals surface area contributed by atoms with Crippen LogP contribution in [0.2, 0.25) is 15.1 Å². The van der Waals surface area contributed by atoms with Gasteiger partial charge in [-0.15, -0.1) is 0 Å². The number of nitrogens with one attached hydrogen (secondary N) is 1. The Bertz CT molecular complexity index is 1200. The van der Waals surface area contributed by atoms with Crippen molar-refractivity contribution in [1.82, 2.24) is 9.78 Å². The fourth-order valence-electron chi connectivity index (χ4n) is 2.60. The molecule has 0 aliphatic rings. The molecule has 13 heteroatoms. The molecule has 0 aliphatic carbocycles. The van der Waals surface area contributed by atoms with Gasteiger partial charge in [-0.3, -0.25) is 4.79 Å². The number of aromatic nitrogens is 2. The van der Waals surface area contributed by atoms with Crippen molar-refractivity contribution < 1.29 is 32.6 Å². The summed E-state index contributed by atoms with van der Waals surface area (Å²) in [5.41, 5.74) is -1.91. The van der Waals surface area contributed by atoms with Crippen LogP contribution >= 0.6 is 34.8 Å². The number of carboxylic acids is 1. The molecule has 1 heterocycles. The van der Waals surface area contributed by atoms with Crippen LogP contribution in [-0.2, 0) is 11.0 Å². The van der Waals surface area contributed by atoms with E-state index in [0.717, 1.165) is 4.68 Å². The van der Waals surface area contributed by atoms with Crippen LogP contribution in [0.15, 0.2) is 42.5 Å². The highest BCUT2D eigenvalue weighted by atomic mass is 35.5. The summed E-state index contributed by atoms with van der Waals surface area (Å²) < 4.78 is 45.5. The van der Waals surface area contributed by atoms with Gasteiger partial charge in [0, 0.05) is 6.07 Å². The molecule has 0 saturated carbocycles. The number of ether oxygens (including phenoxy) is 1. The predicted octanol–water partition coefficient (Wildman–Crippen LogP) is 5.57. The van der Waals surface area contributed by atoms with E-state index in [0.29, 0.717) is 6.07 Å². The Balaban J connectivity index is 1.87. The third-order valence-corrected chi connectivity index (χ3v) is 4.93. The van der Waals surface area contributed by atoms with Gasteiger partial charge in [0.2, 0.25) is 5.88 Å². The molecule has 168 valence electrons. The number of anilines is 1. The van der Waals surface area contributed by atoms with E-state index < -0.39 is 41.8 Å². The summed E-state index contributed by atoms with van der Waals surface area (Å²) in [5.74, 6) is -2.77. The lowest BCUT2D eigenvalue weighted by molar-refractivity contribution is -0.141. The average Bonchev–Trinajstić information content (AvgIpc) is 3.14. The molecule has 32 heavy (non-hydrogen) atoms. The minimum atomic E-state index is -4.78. The second-order valence-corrected chi connectivity index (χ2v) is 7.37. The summed E-state index contributed by atoms with van der Waals surface area (Å²) >= 11 is 17.8. The van der Waals surface area contributed by atoms with Gasteiger partial charge in [0.25, 0.3) is 5.91 Å². The number of amides is 1. The van der Waals surface area contributed by atoms with Gasteiger partial charge < -0.3 is 15.2 Å². The molecule has 2 aromatic carbocycles. The number of carboxylic acid groups (broad SMARTS) is 1. The Labute approximate surface area is 193 Å². The molecule has 0 aliphatic heterocycles. The van der Waals surface area contributed by atoms with Gasteiger partial charge >= 0.3 is 12.1 Å². The molecule has 1 amide bonds. The van der Waals surface area contributed by atoms with Crippen LogP contribution in [0.3, 0.4) is 0 Å². The van der Waals surface area contributed by atoms with Crippen LogP contribution in [0.4, 0.5) is 18.9 Å². The number of hydrogen-bond donors (Lipinski definition) is 2. The summed E-state index contributed by atoms with van der Waals surface area (Å²) in [6.45, 7) is -0.796. The van der Waals surface area contributed by atoms with E-state index in [1.807, 2.05) is 0 Å². The molecular weight excluding hydrogens is 498 g/mol. The van der Waals surface area contributed by atoms with Gasteiger partial charge in [-0.2, -0.15) is 23.0 Å². The van der Waals surface area contributed by atoms with Gasteiger partial charge in [0.15, 0.2) is 12.3 Å². The summed E-state index contributed by atoms with van der Waals surface area (Å²) in [5, 5.41) is 14.8. The van der Waals surface area contributed by atoms with E-state index in [2.05, 4.69) is 10.4 Å². The topological polar surface area (TPSA) is 93.5 Å². The molecule has 7 nitrogen and oxygen atoms in total. The summed E-state index contributed by atoms with van der Waals surface area (Å²) in [4.78, 5) is 23.8. The third-order valence-electron chi connectivity index (χ3n) is 3.98. The Hall–Kier alpha value is -2.95.